The van der Waals surface area contributed by atoms with Crippen molar-refractivity contribution in [1.29, 1.82) is 0 Å². The highest BCUT2D eigenvalue weighted by Gasteiger charge is 2.34. The zero-order chi connectivity index (χ0) is 10.7. The van der Waals surface area contributed by atoms with Crippen LogP contribution < -0.4 is 0 Å². The Morgan fingerprint density at radius 2 is 1.93 bits per heavy atom. The maximum absolute atomic E-state index is 11.4. The van der Waals surface area contributed by atoms with E-state index in [2.05, 4.69) is 19.1 Å². The van der Waals surface area contributed by atoms with Crippen molar-refractivity contribution in [2.75, 3.05) is 13.2 Å². The highest BCUT2D eigenvalue weighted by molar-refractivity contribution is 5.69. The third kappa shape index (κ3) is 1.82. The van der Waals surface area contributed by atoms with E-state index in [4.69, 9.17) is 4.74 Å². The van der Waals surface area contributed by atoms with E-state index < -0.39 is 0 Å². The average molecular weight is 204 g/mol. The highest BCUT2D eigenvalue weighted by Crippen LogP contribution is 2.34. The van der Waals surface area contributed by atoms with Crippen LogP contribution in [-0.4, -0.2) is 19.5 Å². The Morgan fingerprint density at radius 3 is 2.53 bits per heavy atom. The van der Waals surface area contributed by atoms with Crippen molar-refractivity contribution in [3.05, 3.63) is 35.4 Å². The lowest BCUT2D eigenvalue weighted by molar-refractivity contribution is -0.115. The molecule has 2 heteroatoms. The summed E-state index contributed by atoms with van der Waals surface area (Å²) in [6.45, 7) is 3.44. The fourth-order valence-corrected chi connectivity index (χ4v) is 2.32. The molecular weight excluding hydrogens is 188 g/mol. The van der Waals surface area contributed by atoms with Gasteiger partial charge in [-0.3, -0.25) is 0 Å². The van der Waals surface area contributed by atoms with E-state index in [1.165, 1.54) is 11.1 Å². The second-order valence-electron chi connectivity index (χ2n) is 4.20. The summed E-state index contributed by atoms with van der Waals surface area (Å²) in [7, 11) is 0. The van der Waals surface area contributed by atoms with Crippen LogP contribution in [0.1, 0.15) is 24.0 Å². The molecule has 0 N–H and O–H groups in total. The number of aryl methyl sites for hydroxylation is 1. The molecule has 0 atom stereocenters. The lowest BCUT2D eigenvalue weighted by Crippen LogP contribution is -2.35. The molecule has 1 heterocycles. The van der Waals surface area contributed by atoms with Crippen molar-refractivity contribution in [1.82, 2.24) is 0 Å². The molecule has 80 valence electrons. The fourth-order valence-electron chi connectivity index (χ4n) is 2.32. The largest absolute Gasteiger partial charge is 0.381 e. The highest BCUT2D eigenvalue weighted by atomic mass is 16.5. The molecule has 0 aromatic heterocycles. The van der Waals surface area contributed by atoms with Gasteiger partial charge in [0.15, 0.2) is 0 Å². The first-order valence-corrected chi connectivity index (χ1v) is 5.39. The monoisotopic (exact) mass is 204 g/mol. The van der Waals surface area contributed by atoms with Crippen LogP contribution in [0.25, 0.3) is 0 Å². The normalized spacial score (nSPS) is 19.8. The van der Waals surface area contributed by atoms with Crippen molar-refractivity contribution < 1.29 is 9.53 Å². The Bertz CT molecular complexity index is 351. The third-order valence-corrected chi connectivity index (χ3v) is 3.29. The molecule has 1 aromatic rings. The molecule has 1 fully saturated rings. The van der Waals surface area contributed by atoms with Crippen LogP contribution in [0.2, 0.25) is 0 Å². The summed E-state index contributed by atoms with van der Waals surface area (Å²) in [6.07, 6.45) is 2.72. The standard InChI is InChI=1S/C13H16O2/c1-11-4-2-3-5-12(11)13(10-14)6-8-15-9-7-13/h2-5,10H,6-9H2,1H3. The first kappa shape index (κ1) is 10.4. The molecular formula is C13H16O2. The number of hydrogen-bond donors (Lipinski definition) is 0. The number of carbonyl (C=O) groups excluding carboxylic acids is 1. The number of rotatable bonds is 2. The molecule has 0 saturated carbocycles. The Balaban J connectivity index is 2.41. The minimum atomic E-state index is -0.302. The summed E-state index contributed by atoms with van der Waals surface area (Å²) < 4.78 is 5.33. The van der Waals surface area contributed by atoms with Gasteiger partial charge in [-0.2, -0.15) is 0 Å². The predicted molar refractivity (Wildman–Crippen MR) is 59.0 cm³/mol. The second kappa shape index (κ2) is 4.15. The van der Waals surface area contributed by atoms with Crippen molar-refractivity contribution in [3.8, 4) is 0 Å². The van der Waals surface area contributed by atoms with Gasteiger partial charge >= 0.3 is 0 Å². The molecule has 1 aliphatic heterocycles. The average Bonchev–Trinajstić information content (AvgIpc) is 2.30. The van der Waals surface area contributed by atoms with Gasteiger partial charge in [0.25, 0.3) is 0 Å². The van der Waals surface area contributed by atoms with Gasteiger partial charge in [-0.1, -0.05) is 24.3 Å². The Kier molecular flexibility index (Phi) is 2.87. The number of carbonyl (C=O) groups is 1. The zero-order valence-electron chi connectivity index (χ0n) is 9.03. The quantitative estimate of drug-likeness (QED) is 0.691. The number of hydrogen-bond acceptors (Lipinski definition) is 2. The maximum Gasteiger partial charge on any atom is 0.130 e. The zero-order valence-corrected chi connectivity index (χ0v) is 9.03. The van der Waals surface area contributed by atoms with Crippen LogP contribution in [0.5, 0.6) is 0 Å². The molecule has 0 radical (unpaired) electrons. The molecule has 0 spiro atoms. The van der Waals surface area contributed by atoms with E-state index in [9.17, 15) is 4.79 Å². The van der Waals surface area contributed by atoms with Gasteiger partial charge in [-0.15, -0.1) is 0 Å². The molecule has 2 nitrogen and oxygen atoms in total. The SMILES string of the molecule is Cc1ccccc1C1(C=O)CCOCC1. The lowest BCUT2D eigenvalue weighted by atomic mass is 9.74. The molecule has 1 aromatic carbocycles. The van der Waals surface area contributed by atoms with E-state index in [0.717, 1.165) is 19.1 Å². The number of benzene rings is 1. The molecule has 0 unspecified atom stereocenters. The van der Waals surface area contributed by atoms with Crippen LogP contribution in [0, 0.1) is 6.92 Å². The lowest BCUT2D eigenvalue weighted by Gasteiger charge is -2.33. The smallest absolute Gasteiger partial charge is 0.130 e. The molecule has 1 saturated heterocycles. The minimum absolute atomic E-state index is 0.302. The summed E-state index contributed by atoms with van der Waals surface area (Å²) in [4.78, 5) is 11.4. The number of aldehydes is 1. The topological polar surface area (TPSA) is 26.3 Å². The summed E-state index contributed by atoms with van der Waals surface area (Å²) >= 11 is 0. The van der Waals surface area contributed by atoms with Crippen molar-refractivity contribution in [2.24, 2.45) is 0 Å². The Morgan fingerprint density at radius 1 is 1.27 bits per heavy atom. The van der Waals surface area contributed by atoms with Crippen molar-refractivity contribution >= 4 is 6.29 Å². The molecule has 2 rings (SSSR count). The minimum Gasteiger partial charge on any atom is -0.381 e. The van der Waals surface area contributed by atoms with Crippen molar-refractivity contribution in [2.45, 2.75) is 25.2 Å². The van der Waals surface area contributed by atoms with E-state index in [-0.39, 0.29) is 5.41 Å². The summed E-state index contributed by atoms with van der Waals surface area (Å²) in [5, 5.41) is 0. The summed E-state index contributed by atoms with van der Waals surface area (Å²) in [5.41, 5.74) is 2.07. The third-order valence-electron chi connectivity index (χ3n) is 3.29. The van der Waals surface area contributed by atoms with Crippen LogP contribution in [-0.2, 0) is 14.9 Å². The number of ether oxygens (including phenoxy) is 1. The van der Waals surface area contributed by atoms with Gasteiger partial charge < -0.3 is 9.53 Å². The van der Waals surface area contributed by atoms with Crippen LogP contribution in [0.15, 0.2) is 24.3 Å². The van der Waals surface area contributed by atoms with Crippen molar-refractivity contribution in [3.63, 3.8) is 0 Å². The van der Waals surface area contributed by atoms with Gasteiger partial charge in [0, 0.05) is 13.2 Å². The van der Waals surface area contributed by atoms with Crippen LogP contribution in [0.3, 0.4) is 0 Å². The summed E-state index contributed by atoms with van der Waals surface area (Å²) in [6, 6.07) is 8.14. The van der Waals surface area contributed by atoms with Crippen LogP contribution >= 0.6 is 0 Å². The van der Waals surface area contributed by atoms with Gasteiger partial charge in [0.05, 0.1) is 5.41 Å². The molecule has 0 amide bonds. The fraction of sp³-hybridized carbons (Fsp3) is 0.462. The first-order chi connectivity index (χ1) is 7.28. The van der Waals surface area contributed by atoms with Gasteiger partial charge in [0.1, 0.15) is 6.29 Å². The Hall–Kier alpha value is -1.15. The predicted octanol–water partition coefficient (Wildman–Crippen LogP) is 2.24. The molecule has 0 bridgehead atoms. The van der Waals surface area contributed by atoms with Gasteiger partial charge in [-0.25, -0.2) is 0 Å². The van der Waals surface area contributed by atoms with E-state index in [0.29, 0.717) is 13.2 Å². The van der Waals surface area contributed by atoms with Gasteiger partial charge in [0.2, 0.25) is 0 Å². The van der Waals surface area contributed by atoms with E-state index in [1.54, 1.807) is 0 Å². The first-order valence-electron chi connectivity index (χ1n) is 5.39. The Labute approximate surface area is 90.3 Å². The molecule has 0 aliphatic carbocycles. The summed E-state index contributed by atoms with van der Waals surface area (Å²) in [5.74, 6) is 0. The van der Waals surface area contributed by atoms with Crippen LogP contribution in [0.4, 0.5) is 0 Å². The molecule has 15 heavy (non-hydrogen) atoms. The maximum atomic E-state index is 11.4. The molecule has 1 aliphatic rings. The van der Waals surface area contributed by atoms with E-state index in [1.807, 2.05) is 12.1 Å². The van der Waals surface area contributed by atoms with E-state index >= 15 is 0 Å². The van der Waals surface area contributed by atoms with Gasteiger partial charge in [-0.05, 0) is 30.9 Å². The second-order valence-corrected chi connectivity index (χ2v) is 4.20.